The van der Waals surface area contributed by atoms with Crippen molar-refractivity contribution >= 4 is 32.4 Å². The molecule has 0 amide bonds. The lowest BCUT2D eigenvalue weighted by Crippen LogP contribution is -2.30. The second-order valence-corrected chi connectivity index (χ2v) is 8.54. The average Bonchev–Trinajstić information content (AvgIpc) is 3.29. The highest BCUT2D eigenvalue weighted by molar-refractivity contribution is 7.89. The van der Waals surface area contributed by atoms with E-state index in [1.807, 2.05) is 22.9 Å². The number of aromatic nitrogens is 3. The van der Waals surface area contributed by atoms with Gasteiger partial charge in [0.15, 0.2) is 0 Å². The molecule has 0 aliphatic rings. The SMILES string of the molecule is O=c1[nH]c2ccc(S(=O)(=O)N[C@@H](Cc3ccsc3)c3ccccn3)cc2[nH]1. The van der Waals surface area contributed by atoms with E-state index in [4.69, 9.17) is 0 Å². The molecule has 0 bridgehead atoms. The van der Waals surface area contributed by atoms with Gasteiger partial charge in [0, 0.05) is 6.20 Å². The fourth-order valence-corrected chi connectivity index (χ4v) is 4.78. The van der Waals surface area contributed by atoms with Crippen molar-refractivity contribution < 1.29 is 8.42 Å². The molecule has 4 aromatic rings. The number of hydrogen-bond donors (Lipinski definition) is 3. The minimum Gasteiger partial charge on any atom is -0.306 e. The predicted molar refractivity (Wildman–Crippen MR) is 104 cm³/mol. The van der Waals surface area contributed by atoms with E-state index in [2.05, 4.69) is 19.7 Å². The first-order chi connectivity index (χ1) is 13.0. The molecule has 0 aliphatic carbocycles. The Hall–Kier alpha value is -2.75. The van der Waals surface area contributed by atoms with Gasteiger partial charge in [-0.05, 0) is 59.1 Å². The van der Waals surface area contributed by atoms with E-state index in [9.17, 15) is 13.2 Å². The first-order valence-electron chi connectivity index (χ1n) is 8.18. The van der Waals surface area contributed by atoms with Crippen LogP contribution in [0.25, 0.3) is 11.0 Å². The van der Waals surface area contributed by atoms with E-state index in [0.29, 0.717) is 23.1 Å². The Morgan fingerprint density at radius 3 is 2.70 bits per heavy atom. The van der Waals surface area contributed by atoms with Gasteiger partial charge < -0.3 is 9.97 Å². The van der Waals surface area contributed by atoms with Crippen molar-refractivity contribution in [3.05, 3.63) is 81.2 Å². The predicted octanol–water partition coefficient (Wildman–Crippen LogP) is 2.58. The van der Waals surface area contributed by atoms with Crippen molar-refractivity contribution in [2.24, 2.45) is 0 Å². The van der Waals surface area contributed by atoms with Gasteiger partial charge in [0.25, 0.3) is 0 Å². The van der Waals surface area contributed by atoms with Gasteiger partial charge in [-0.25, -0.2) is 17.9 Å². The highest BCUT2D eigenvalue weighted by Crippen LogP contribution is 2.22. The first-order valence-corrected chi connectivity index (χ1v) is 10.6. The minimum absolute atomic E-state index is 0.0801. The second-order valence-electron chi connectivity index (χ2n) is 6.05. The van der Waals surface area contributed by atoms with Crippen LogP contribution in [0.15, 0.2) is 69.1 Å². The standard InChI is InChI=1S/C18H16N4O3S2/c23-18-20-15-5-4-13(10-16(15)21-18)27(24,25)22-17(9-12-6-8-26-11-12)14-3-1-2-7-19-14/h1-8,10-11,17,22H,9H2,(H2,20,21,23)/t17-/m0/s1. The molecule has 1 aromatic carbocycles. The summed E-state index contributed by atoms with van der Waals surface area (Å²) in [6.07, 6.45) is 2.13. The Balaban J connectivity index is 1.68. The third kappa shape index (κ3) is 3.85. The highest BCUT2D eigenvalue weighted by Gasteiger charge is 2.23. The van der Waals surface area contributed by atoms with Gasteiger partial charge in [-0.15, -0.1) is 0 Å². The van der Waals surface area contributed by atoms with Gasteiger partial charge in [-0.2, -0.15) is 11.3 Å². The van der Waals surface area contributed by atoms with Gasteiger partial charge in [0.1, 0.15) is 0 Å². The summed E-state index contributed by atoms with van der Waals surface area (Å²) in [5.41, 5.74) is 2.29. The van der Waals surface area contributed by atoms with Crippen LogP contribution in [0, 0.1) is 0 Å². The van der Waals surface area contributed by atoms with Crippen LogP contribution in [0.3, 0.4) is 0 Å². The van der Waals surface area contributed by atoms with Crippen molar-refractivity contribution in [3.63, 3.8) is 0 Å². The molecule has 0 spiro atoms. The Kier molecular flexibility index (Phi) is 4.65. The molecule has 4 rings (SSSR count). The van der Waals surface area contributed by atoms with Gasteiger partial charge in [-0.1, -0.05) is 6.07 Å². The lowest BCUT2D eigenvalue weighted by Gasteiger charge is -2.18. The zero-order valence-corrected chi connectivity index (χ0v) is 15.7. The Labute approximate surface area is 159 Å². The van der Waals surface area contributed by atoms with Crippen molar-refractivity contribution in [3.8, 4) is 0 Å². The molecule has 0 fully saturated rings. The van der Waals surface area contributed by atoms with E-state index in [0.717, 1.165) is 5.56 Å². The van der Waals surface area contributed by atoms with Crippen molar-refractivity contribution in [1.82, 2.24) is 19.7 Å². The maximum absolute atomic E-state index is 13.0. The van der Waals surface area contributed by atoms with Gasteiger partial charge >= 0.3 is 5.69 Å². The van der Waals surface area contributed by atoms with Gasteiger partial charge in [-0.3, -0.25) is 4.98 Å². The number of fused-ring (bicyclic) bond motifs is 1. The van der Waals surface area contributed by atoms with E-state index < -0.39 is 16.1 Å². The Morgan fingerprint density at radius 2 is 1.96 bits per heavy atom. The van der Waals surface area contributed by atoms with E-state index >= 15 is 0 Å². The fourth-order valence-electron chi connectivity index (χ4n) is 2.87. The fraction of sp³-hybridized carbons (Fsp3) is 0.111. The lowest BCUT2D eigenvalue weighted by molar-refractivity contribution is 0.550. The molecule has 138 valence electrons. The van der Waals surface area contributed by atoms with Crippen LogP contribution in [0.2, 0.25) is 0 Å². The number of sulfonamides is 1. The largest absolute Gasteiger partial charge is 0.323 e. The molecule has 0 radical (unpaired) electrons. The Bertz CT molecular complexity index is 1210. The molecule has 0 aliphatic heterocycles. The zero-order chi connectivity index (χ0) is 18.9. The first kappa shape index (κ1) is 17.7. The van der Waals surface area contributed by atoms with Gasteiger partial charge in [0.05, 0.1) is 27.7 Å². The number of imidazole rings is 1. The highest BCUT2D eigenvalue weighted by atomic mass is 32.2. The summed E-state index contributed by atoms with van der Waals surface area (Å²) >= 11 is 1.56. The van der Waals surface area contributed by atoms with Crippen LogP contribution in [0.1, 0.15) is 17.3 Å². The minimum atomic E-state index is -3.82. The third-order valence-corrected chi connectivity index (χ3v) is 6.36. The second kappa shape index (κ2) is 7.10. The number of hydrogen-bond acceptors (Lipinski definition) is 5. The van der Waals surface area contributed by atoms with Crippen molar-refractivity contribution in [1.29, 1.82) is 0 Å². The summed E-state index contributed by atoms with van der Waals surface area (Å²) < 4.78 is 28.7. The summed E-state index contributed by atoms with van der Waals surface area (Å²) in [5, 5.41) is 3.94. The van der Waals surface area contributed by atoms with Crippen LogP contribution in [0.4, 0.5) is 0 Å². The third-order valence-electron chi connectivity index (χ3n) is 4.16. The van der Waals surface area contributed by atoms with Crippen LogP contribution < -0.4 is 10.4 Å². The average molecular weight is 400 g/mol. The smallest absolute Gasteiger partial charge is 0.306 e. The molecule has 0 saturated heterocycles. The van der Waals surface area contributed by atoms with Crippen LogP contribution in [-0.4, -0.2) is 23.4 Å². The number of nitrogens with zero attached hydrogens (tertiary/aromatic N) is 1. The summed E-state index contributed by atoms with van der Waals surface area (Å²) in [6.45, 7) is 0. The molecule has 27 heavy (non-hydrogen) atoms. The maximum Gasteiger partial charge on any atom is 0.323 e. The monoisotopic (exact) mass is 400 g/mol. The van der Waals surface area contributed by atoms with Gasteiger partial charge in [0.2, 0.25) is 10.0 Å². The van der Waals surface area contributed by atoms with E-state index in [-0.39, 0.29) is 10.6 Å². The molecule has 0 unspecified atom stereocenters. The molecule has 1 atom stereocenters. The van der Waals surface area contributed by atoms with E-state index in [1.54, 1.807) is 35.7 Å². The summed E-state index contributed by atoms with van der Waals surface area (Å²) in [4.78, 5) is 21.0. The number of H-pyrrole nitrogens is 2. The summed E-state index contributed by atoms with van der Waals surface area (Å²) in [6, 6.07) is 11.3. The molecule has 0 saturated carbocycles. The van der Waals surface area contributed by atoms with Crippen LogP contribution >= 0.6 is 11.3 Å². The van der Waals surface area contributed by atoms with E-state index in [1.165, 1.54) is 12.1 Å². The molecule has 3 aromatic heterocycles. The molecule has 3 N–H and O–H groups in total. The summed E-state index contributed by atoms with van der Waals surface area (Å²) in [7, 11) is -3.82. The summed E-state index contributed by atoms with van der Waals surface area (Å²) in [5.74, 6) is 0. The number of benzene rings is 1. The van der Waals surface area contributed by atoms with Crippen LogP contribution in [-0.2, 0) is 16.4 Å². The molecular weight excluding hydrogens is 384 g/mol. The number of rotatable bonds is 6. The topological polar surface area (TPSA) is 108 Å². The van der Waals surface area contributed by atoms with Crippen molar-refractivity contribution in [2.45, 2.75) is 17.4 Å². The lowest BCUT2D eigenvalue weighted by atomic mass is 10.1. The Morgan fingerprint density at radius 1 is 1.11 bits per heavy atom. The quantitative estimate of drug-likeness (QED) is 0.462. The normalized spacial score (nSPS) is 13.0. The maximum atomic E-state index is 13.0. The molecular formula is C18H16N4O3S2. The molecule has 9 heteroatoms. The van der Waals surface area contributed by atoms with Crippen molar-refractivity contribution in [2.75, 3.05) is 0 Å². The molecule has 7 nitrogen and oxygen atoms in total. The number of thiophene rings is 1. The number of pyridine rings is 1. The van der Waals surface area contributed by atoms with Crippen LogP contribution in [0.5, 0.6) is 0 Å². The number of nitrogens with one attached hydrogen (secondary N) is 3. The molecule has 3 heterocycles. The zero-order valence-electron chi connectivity index (χ0n) is 14.0. The number of aromatic amines is 2.